The zero-order valence-corrected chi connectivity index (χ0v) is 11.4. The summed E-state index contributed by atoms with van der Waals surface area (Å²) in [5, 5.41) is 2.55. The van der Waals surface area contributed by atoms with Gasteiger partial charge in [-0.3, -0.25) is 9.59 Å². The van der Waals surface area contributed by atoms with Gasteiger partial charge in [0.15, 0.2) is 0 Å². The van der Waals surface area contributed by atoms with Crippen LogP contribution in [0.5, 0.6) is 0 Å². The summed E-state index contributed by atoms with van der Waals surface area (Å²) in [5.74, 6) is -0.434. The zero-order chi connectivity index (χ0) is 14.1. The molecule has 0 aliphatic carbocycles. The molecule has 0 saturated carbocycles. The lowest BCUT2D eigenvalue weighted by Crippen LogP contribution is -2.37. The summed E-state index contributed by atoms with van der Waals surface area (Å²) in [6.07, 6.45) is 2.09. The Morgan fingerprint density at radius 3 is 2.39 bits per heavy atom. The van der Waals surface area contributed by atoms with E-state index in [0.717, 1.165) is 18.4 Å². The Hall–Kier alpha value is -1.36. The summed E-state index contributed by atoms with van der Waals surface area (Å²) in [4.78, 5) is 22.6. The second-order valence-electron chi connectivity index (χ2n) is 5.00. The van der Waals surface area contributed by atoms with Crippen molar-refractivity contribution in [3.05, 3.63) is 12.2 Å². The van der Waals surface area contributed by atoms with Crippen LogP contribution in [-0.2, 0) is 9.59 Å². The Morgan fingerprint density at radius 1 is 1.33 bits per heavy atom. The van der Waals surface area contributed by atoms with E-state index < -0.39 is 5.91 Å². The van der Waals surface area contributed by atoms with Crippen LogP contribution in [0.3, 0.4) is 0 Å². The number of rotatable bonds is 9. The van der Waals surface area contributed by atoms with Crippen LogP contribution in [0.1, 0.15) is 33.1 Å². The zero-order valence-electron chi connectivity index (χ0n) is 11.4. The molecular formula is C13H25N3O2. The summed E-state index contributed by atoms with van der Waals surface area (Å²) in [6.45, 7) is 8.45. The van der Waals surface area contributed by atoms with Gasteiger partial charge in [-0.15, -0.1) is 0 Å². The average Bonchev–Trinajstić information content (AvgIpc) is 2.24. The van der Waals surface area contributed by atoms with Gasteiger partial charge in [0.1, 0.15) is 0 Å². The molecule has 0 bridgehead atoms. The fourth-order valence-electron chi connectivity index (χ4n) is 1.83. The van der Waals surface area contributed by atoms with E-state index in [2.05, 4.69) is 25.7 Å². The first-order chi connectivity index (χ1) is 8.36. The molecule has 0 aromatic heterocycles. The Labute approximate surface area is 109 Å². The Balaban J connectivity index is 4.41. The van der Waals surface area contributed by atoms with Gasteiger partial charge in [0, 0.05) is 5.92 Å². The molecule has 0 aliphatic rings. The smallest absolute Gasteiger partial charge is 0.236 e. The van der Waals surface area contributed by atoms with E-state index in [-0.39, 0.29) is 18.4 Å². The molecule has 0 rings (SSSR count). The SMILES string of the molecule is C=C(CCN)CC(CC(C)C)C(=O)NCC(N)=O. The summed E-state index contributed by atoms with van der Waals surface area (Å²) in [7, 11) is 0. The predicted molar refractivity (Wildman–Crippen MR) is 72.6 cm³/mol. The largest absolute Gasteiger partial charge is 0.368 e. The fraction of sp³-hybridized carbons (Fsp3) is 0.692. The topological polar surface area (TPSA) is 98.2 Å². The van der Waals surface area contributed by atoms with Gasteiger partial charge in [-0.05, 0) is 31.7 Å². The van der Waals surface area contributed by atoms with Crippen LogP contribution < -0.4 is 16.8 Å². The van der Waals surface area contributed by atoms with Crippen LogP contribution in [0.15, 0.2) is 12.2 Å². The molecular weight excluding hydrogens is 230 g/mol. The molecule has 1 atom stereocenters. The Kier molecular flexibility index (Phi) is 8.03. The van der Waals surface area contributed by atoms with Crippen molar-refractivity contribution in [2.45, 2.75) is 33.1 Å². The third-order valence-corrected chi connectivity index (χ3v) is 2.60. The van der Waals surface area contributed by atoms with Crippen molar-refractivity contribution in [1.82, 2.24) is 5.32 Å². The maximum atomic E-state index is 11.9. The molecule has 0 fully saturated rings. The van der Waals surface area contributed by atoms with Gasteiger partial charge in [-0.2, -0.15) is 0 Å². The number of nitrogens with two attached hydrogens (primary N) is 2. The first-order valence-electron chi connectivity index (χ1n) is 6.29. The molecule has 5 N–H and O–H groups in total. The normalized spacial score (nSPS) is 12.2. The number of primary amides is 1. The van der Waals surface area contributed by atoms with E-state index in [9.17, 15) is 9.59 Å². The van der Waals surface area contributed by atoms with Crippen molar-refractivity contribution in [1.29, 1.82) is 0 Å². The van der Waals surface area contributed by atoms with Gasteiger partial charge in [0.2, 0.25) is 11.8 Å². The Morgan fingerprint density at radius 2 is 1.94 bits per heavy atom. The first-order valence-corrected chi connectivity index (χ1v) is 6.29. The number of carbonyl (C=O) groups excluding carboxylic acids is 2. The molecule has 0 aromatic rings. The van der Waals surface area contributed by atoms with Gasteiger partial charge < -0.3 is 16.8 Å². The molecule has 5 heteroatoms. The minimum atomic E-state index is -0.535. The molecule has 5 nitrogen and oxygen atoms in total. The van der Waals surface area contributed by atoms with Crippen molar-refractivity contribution in [2.24, 2.45) is 23.3 Å². The van der Waals surface area contributed by atoms with Crippen LogP contribution >= 0.6 is 0 Å². The molecule has 104 valence electrons. The molecule has 18 heavy (non-hydrogen) atoms. The van der Waals surface area contributed by atoms with Crippen molar-refractivity contribution < 1.29 is 9.59 Å². The van der Waals surface area contributed by atoms with Crippen LogP contribution in [0.25, 0.3) is 0 Å². The average molecular weight is 255 g/mol. The molecule has 0 radical (unpaired) electrons. The van der Waals surface area contributed by atoms with Crippen LogP contribution in [0, 0.1) is 11.8 Å². The lowest BCUT2D eigenvalue weighted by atomic mass is 9.89. The summed E-state index contributed by atoms with van der Waals surface area (Å²) in [5.41, 5.74) is 11.4. The predicted octanol–water partition coefficient (Wildman–Crippen LogP) is 0.545. The molecule has 0 saturated heterocycles. The number of carbonyl (C=O) groups is 2. The van der Waals surface area contributed by atoms with Gasteiger partial charge in [-0.1, -0.05) is 26.0 Å². The lowest BCUT2D eigenvalue weighted by Gasteiger charge is -2.19. The lowest BCUT2D eigenvalue weighted by molar-refractivity contribution is -0.128. The van der Waals surface area contributed by atoms with E-state index in [0.29, 0.717) is 18.9 Å². The second-order valence-corrected chi connectivity index (χ2v) is 5.00. The highest BCUT2D eigenvalue weighted by molar-refractivity contribution is 5.85. The first kappa shape index (κ1) is 16.6. The van der Waals surface area contributed by atoms with E-state index in [1.165, 1.54) is 0 Å². The van der Waals surface area contributed by atoms with E-state index in [1.54, 1.807) is 0 Å². The van der Waals surface area contributed by atoms with Gasteiger partial charge in [0.25, 0.3) is 0 Å². The minimum Gasteiger partial charge on any atom is -0.368 e. The third kappa shape index (κ3) is 7.84. The standard InChI is InChI=1S/C13H25N3O2/c1-9(2)6-11(7-10(3)4-5-14)13(18)16-8-12(15)17/h9,11H,3-8,14H2,1-2H3,(H2,15,17)(H,16,18). The highest BCUT2D eigenvalue weighted by atomic mass is 16.2. The Bertz CT molecular complexity index is 301. The fourth-order valence-corrected chi connectivity index (χ4v) is 1.83. The summed E-state index contributed by atoms with van der Waals surface area (Å²) in [6, 6.07) is 0. The highest BCUT2D eigenvalue weighted by Crippen LogP contribution is 2.20. The summed E-state index contributed by atoms with van der Waals surface area (Å²) >= 11 is 0. The quantitative estimate of drug-likeness (QED) is 0.524. The summed E-state index contributed by atoms with van der Waals surface area (Å²) < 4.78 is 0. The molecule has 0 heterocycles. The van der Waals surface area contributed by atoms with Gasteiger partial charge >= 0.3 is 0 Å². The van der Waals surface area contributed by atoms with E-state index in [4.69, 9.17) is 11.5 Å². The van der Waals surface area contributed by atoms with Crippen LogP contribution in [0.4, 0.5) is 0 Å². The number of hydrogen-bond acceptors (Lipinski definition) is 3. The number of nitrogens with one attached hydrogen (secondary N) is 1. The van der Waals surface area contributed by atoms with Crippen molar-refractivity contribution in [3.63, 3.8) is 0 Å². The molecule has 1 unspecified atom stereocenters. The molecule has 2 amide bonds. The molecule has 0 spiro atoms. The second kappa shape index (κ2) is 8.69. The third-order valence-electron chi connectivity index (χ3n) is 2.60. The van der Waals surface area contributed by atoms with Gasteiger partial charge in [-0.25, -0.2) is 0 Å². The van der Waals surface area contributed by atoms with Crippen molar-refractivity contribution >= 4 is 11.8 Å². The maximum absolute atomic E-state index is 11.9. The van der Waals surface area contributed by atoms with E-state index >= 15 is 0 Å². The monoisotopic (exact) mass is 255 g/mol. The molecule has 0 aliphatic heterocycles. The number of hydrogen-bond donors (Lipinski definition) is 3. The molecule has 0 aromatic carbocycles. The van der Waals surface area contributed by atoms with Crippen molar-refractivity contribution in [3.8, 4) is 0 Å². The van der Waals surface area contributed by atoms with Gasteiger partial charge in [0.05, 0.1) is 6.54 Å². The van der Waals surface area contributed by atoms with Crippen LogP contribution in [-0.4, -0.2) is 24.9 Å². The maximum Gasteiger partial charge on any atom is 0.236 e. The minimum absolute atomic E-state index is 0.114. The van der Waals surface area contributed by atoms with Crippen LogP contribution in [0.2, 0.25) is 0 Å². The highest BCUT2D eigenvalue weighted by Gasteiger charge is 2.20. The number of amides is 2. The van der Waals surface area contributed by atoms with Crippen molar-refractivity contribution in [2.75, 3.05) is 13.1 Å². The van der Waals surface area contributed by atoms with E-state index in [1.807, 2.05) is 0 Å².